The van der Waals surface area contributed by atoms with E-state index in [1.807, 2.05) is 0 Å². The van der Waals surface area contributed by atoms with Crippen molar-refractivity contribution in [3.63, 3.8) is 0 Å². The Bertz CT molecular complexity index is 1280. The quantitative estimate of drug-likeness (QED) is 0.211. The van der Waals surface area contributed by atoms with Gasteiger partial charge < -0.3 is 55.1 Å². The van der Waals surface area contributed by atoms with Crippen molar-refractivity contribution in [3.8, 4) is 34.3 Å². The van der Waals surface area contributed by atoms with Crippen LogP contribution in [0.5, 0.6) is 23.0 Å². The van der Waals surface area contributed by atoms with Crippen molar-refractivity contribution in [3.05, 3.63) is 46.1 Å². The zero-order valence-corrected chi connectivity index (χ0v) is 16.7. The molecule has 0 spiro atoms. The molecule has 2 aromatic carbocycles. The maximum Gasteiger partial charge on any atom is 0.230 e. The molecule has 2 heterocycles. The van der Waals surface area contributed by atoms with Gasteiger partial charge in [0, 0.05) is 17.7 Å². The largest absolute Gasteiger partial charge is 0.508 e. The van der Waals surface area contributed by atoms with Gasteiger partial charge in [-0.2, -0.15) is 0 Å². The lowest BCUT2D eigenvalue weighted by Gasteiger charge is -2.45. The number of benzene rings is 2. The number of hydrogen-bond acceptors (Lipinski definition) is 12. The highest BCUT2D eigenvalue weighted by atomic mass is 16.7. The van der Waals surface area contributed by atoms with Crippen LogP contribution in [-0.4, -0.2) is 77.0 Å². The van der Waals surface area contributed by atoms with Gasteiger partial charge in [0.15, 0.2) is 11.5 Å². The predicted octanol–water partition coefficient (Wildman–Crippen LogP) is -1.10. The molecular formula is C21H20O12. The molecule has 12 nitrogen and oxygen atoms in total. The molecule has 1 unspecified atom stereocenters. The normalized spacial score (nSPS) is 27.7. The van der Waals surface area contributed by atoms with Gasteiger partial charge in [-0.25, -0.2) is 0 Å². The minimum absolute atomic E-state index is 0.118. The Morgan fingerprint density at radius 2 is 1.61 bits per heavy atom. The van der Waals surface area contributed by atoms with Crippen LogP contribution in [0.3, 0.4) is 0 Å². The molecule has 1 fully saturated rings. The van der Waals surface area contributed by atoms with E-state index >= 15 is 0 Å². The van der Waals surface area contributed by atoms with Crippen molar-refractivity contribution in [1.82, 2.24) is 0 Å². The average Bonchev–Trinajstić information content (AvgIpc) is 2.76. The first-order valence-corrected chi connectivity index (χ1v) is 9.60. The minimum Gasteiger partial charge on any atom is -0.508 e. The second kappa shape index (κ2) is 7.88. The summed E-state index contributed by atoms with van der Waals surface area (Å²) in [5, 5.41) is 90.6. The van der Waals surface area contributed by atoms with Crippen LogP contribution in [0.4, 0.5) is 0 Å². The minimum atomic E-state index is -3.08. The molecule has 0 bridgehead atoms. The van der Waals surface area contributed by atoms with Crippen molar-refractivity contribution in [1.29, 1.82) is 0 Å². The molecule has 3 aromatic rings. The molecular weight excluding hydrogens is 444 g/mol. The number of fused-ring (bicyclic) bond motifs is 1. The fraction of sp³-hybridized carbons (Fsp3) is 0.286. The number of ether oxygens (including phenoxy) is 1. The van der Waals surface area contributed by atoms with E-state index in [0.717, 1.165) is 24.3 Å². The maximum absolute atomic E-state index is 13.5. The van der Waals surface area contributed by atoms with Gasteiger partial charge in [0.05, 0.1) is 6.61 Å². The molecule has 1 aliphatic heterocycles. The molecule has 1 saturated heterocycles. The fourth-order valence-corrected chi connectivity index (χ4v) is 3.84. The van der Waals surface area contributed by atoms with E-state index in [2.05, 4.69) is 0 Å². The van der Waals surface area contributed by atoms with Crippen LogP contribution in [0.25, 0.3) is 22.3 Å². The van der Waals surface area contributed by atoms with E-state index in [9.17, 15) is 50.8 Å². The van der Waals surface area contributed by atoms with E-state index in [-0.39, 0.29) is 11.1 Å². The number of aliphatic hydroxyl groups excluding tert-OH is 4. The molecule has 0 amide bonds. The third-order valence-corrected chi connectivity index (χ3v) is 5.52. The van der Waals surface area contributed by atoms with E-state index in [4.69, 9.17) is 9.15 Å². The van der Waals surface area contributed by atoms with Gasteiger partial charge in [0.25, 0.3) is 0 Å². The predicted molar refractivity (Wildman–Crippen MR) is 108 cm³/mol. The summed E-state index contributed by atoms with van der Waals surface area (Å²) in [5.74, 6) is -5.98. The van der Waals surface area contributed by atoms with Crippen molar-refractivity contribution in [2.45, 2.75) is 30.2 Å². The van der Waals surface area contributed by atoms with Crippen molar-refractivity contribution in [2.24, 2.45) is 0 Å². The Hall–Kier alpha value is -3.39. The monoisotopic (exact) mass is 464 g/mol. The van der Waals surface area contributed by atoms with Crippen LogP contribution < -0.4 is 5.43 Å². The summed E-state index contributed by atoms with van der Waals surface area (Å²) in [5.41, 5.74) is -2.47. The number of aromatic hydroxyl groups is 4. The summed E-state index contributed by atoms with van der Waals surface area (Å²) in [4.78, 5) is 13.5. The molecule has 12 heteroatoms. The van der Waals surface area contributed by atoms with Crippen LogP contribution >= 0.6 is 0 Å². The summed E-state index contributed by atoms with van der Waals surface area (Å²) in [6, 6.07) is 4.99. The standard InChI is InChI=1S/C21H20O12/c22-6-13-16(27)18(29)20(30)21(31,33-13)15-17(28)14-11(26)4-8(23)5-12(14)32-19(15)7-1-2-9(24)10(25)3-7/h1-5,13,16,18,20,22-27,29-31H,6H2/t13-,16-,18+,20-,21?/m1/s1. The number of phenolic OH excluding ortho intramolecular Hbond substituents is 4. The molecule has 176 valence electrons. The average molecular weight is 464 g/mol. The van der Waals surface area contributed by atoms with Crippen LogP contribution in [0, 0.1) is 0 Å². The third kappa shape index (κ3) is 3.45. The molecule has 0 aliphatic carbocycles. The molecule has 5 atom stereocenters. The number of hydrogen-bond donors (Lipinski definition) is 9. The van der Waals surface area contributed by atoms with Gasteiger partial charge in [-0.15, -0.1) is 0 Å². The first-order chi connectivity index (χ1) is 15.5. The van der Waals surface area contributed by atoms with Gasteiger partial charge >= 0.3 is 0 Å². The van der Waals surface area contributed by atoms with Crippen LogP contribution in [0.1, 0.15) is 5.56 Å². The summed E-state index contributed by atoms with van der Waals surface area (Å²) in [7, 11) is 0. The summed E-state index contributed by atoms with van der Waals surface area (Å²) >= 11 is 0. The summed E-state index contributed by atoms with van der Waals surface area (Å²) in [6.45, 7) is -0.916. The highest BCUT2D eigenvalue weighted by molar-refractivity contribution is 5.87. The Morgan fingerprint density at radius 3 is 2.24 bits per heavy atom. The molecule has 4 rings (SSSR count). The lowest BCUT2D eigenvalue weighted by atomic mass is 9.86. The Balaban J connectivity index is 2.11. The van der Waals surface area contributed by atoms with Gasteiger partial charge in [0.1, 0.15) is 58.2 Å². The summed E-state index contributed by atoms with van der Waals surface area (Å²) < 4.78 is 10.9. The lowest BCUT2D eigenvalue weighted by molar-refractivity contribution is -0.358. The Kier molecular flexibility index (Phi) is 5.44. The zero-order chi connectivity index (χ0) is 24.2. The van der Waals surface area contributed by atoms with Gasteiger partial charge in [-0.1, -0.05) is 0 Å². The Labute approximate surface area is 184 Å². The van der Waals surface area contributed by atoms with Gasteiger partial charge in [0.2, 0.25) is 11.2 Å². The van der Waals surface area contributed by atoms with Crippen molar-refractivity contribution in [2.75, 3.05) is 6.61 Å². The van der Waals surface area contributed by atoms with Gasteiger partial charge in [-0.3, -0.25) is 4.79 Å². The highest BCUT2D eigenvalue weighted by Crippen LogP contribution is 2.43. The first-order valence-electron chi connectivity index (χ1n) is 9.60. The Morgan fingerprint density at radius 1 is 0.909 bits per heavy atom. The fourth-order valence-electron chi connectivity index (χ4n) is 3.84. The topological polar surface area (TPSA) is 222 Å². The first kappa shape index (κ1) is 22.8. The zero-order valence-electron chi connectivity index (χ0n) is 16.7. The molecule has 0 radical (unpaired) electrons. The SMILES string of the molecule is O=c1c(C2(O)O[C@H](CO)[C@@H](O)[C@H](O)[C@H]2O)c(-c2ccc(O)c(O)c2)oc2cc(O)cc(O)c12. The highest BCUT2D eigenvalue weighted by Gasteiger charge is 2.56. The smallest absolute Gasteiger partial charge is 0.230 e. The van der Waals surface area contributed by atoms with E-state index in [1.54, 1.807) is 0 Å². The van der Waals surface area contributed by atoms with Crippen molar-refractivity contribution < 1.29 is 55.1 Å². The second-order valence-electron chi connectivity index (χ2n) is 7.64. The molecule has 1 aliphatic rings. The number of rotatable bonds is 3. The number of phenols is 4. The van der Waals surface area contributed by atoms with E-state index < -0.39 is 81.9 Å². The number of aliphatic hydroxyl groups is 5. The lowest BCUT2D eigenvalue weighted by Crippen LogP contribution is -2.64. The van der Waals surface area contributed by atoms with Crippen molar-refractivity contribution >= 4 is 11.0 Å². The van der Waals surface area contributed by atoms with Crippen LogP contribution in [0.2, 0.25) is 0 Å². The summed E-state index contributed by atoms with van der Waals surface area (Å²) in [6.07, 6.45) is -7.88. The third-order valence-electron chi connectivity index (χ3n) is 5.52. The van der Waals surface area contributed by atoms with E-state index in [0.29, 0.717) is 0 Å². The maximum atomic E-state index is 13.5. The van der Waals surface area contributed by atoms with Crippen LogP contribution in [0.15, 0.2) is 39.5 Å². The molecule has 1 aromatic heterocycles. The molecule has 0 saturated carbocycles. The van der Waals surface area contributed by atoms with Crippen LogP contribution in [-0.2, 0) is 10.5 Å². The molecule has 33 heavy (non-hydrogen) atoms. The molecule has 9 N–H and O–H groups in total. The second-order valence-corrected chi connectivity index (χ2v) is 7.64. The van der Waals surface area contributed by atoms with Gasteiger partial charge in [-0.05, 0) is 18.2 Å². The van der Waals surface area contributed by atoms with E-state index in [1.165, 1.54) is 6.07 Å².